The molecule has 16 heavy (non-hydrogen) atoms. The zero-order valence-electron chi connectivity index (χ0n) is 8.42. The van der Waals surface area contributed by atoms with Crippen molar-refractivity contribution in [2.75, 3.05) is 0 Å². The van der Waals surface area contributed by atoms with Gasteiger partial charge in [-0.25, -0.2) is 0 Å². The van der Waals surface area contributed by atoms with Crippen LogP contribution in [0.15, 0.2) is 48.9 Å². The topological polar surface area (TPSA) is 50.8 Å². The van der Waals surface area contributed by atoms with Crippen molar-refractivity contribution in [2.24, 2.45) is 0 Å². The number of pyridine rings is 1. The Morgan fingerprint density at radius 2 is 2.06 bits per heavy atom. The number of benzene rings is 1. The molecule has 0 fully saturated rings. The van der Waals surface area contributed by atoms with Gasteiger partial charge in [-0.1, -0.05) is 0 Å². The number of hydrogen-bond acceptors (Lipinski definition) is 3. The van der Waals surface area contributed by atoms with E-state index < -0.39 is 0 Å². The molecular weight excluding hydrogens is 202 g/mol. The van der Waals surface area contributed by atoms with Crippen LogP contribution in [-0.2, 0) is 0 Å². The Morgan fingerprint density at radius 1 is 1.06 bits per heavy atom. The molecule has 3 aromatic rings. The molecule has 0 bridgehead atoms. The summed E-state index contributed by atoms with van der Waals surface area (Å²) in [5.74, 6) is 1.49. The Labute approximate surface area is 91.9 Å². The van der Waals surface area contributed by atoms with Gasteiger partial charge in [0, 0.05) is 17.6 Å². The fraction of sp³-hybridized carbons (Fsp3) is 0. The number of hydrogen-bond donors (Lipinski definition) is 1. The van der Waals surface area contributed by atoms with Crippen LogP contribution in [0.3, 0.4) is 0 Å². The third-order valence-corrected chi connectivity index (χ3v) is 2.28. The molecule has 3 rings (SSSR count). The molecule has 2 heterocycles. The molecule has 2 aromatic heterocycles. The SMILES string of the molecule is c1cncc(Oc2ccc3cn[nH]c3c2)c1. The van der Waals surface area contributed by atoms with Gasteiger partial charge in [-0.15, -0.1) is 0 Å². The van der Waals surface area contributed by atoms with Gasteiger partial charge in [-0.3, -0.25) is 10.1 Å². The van der Waals surface area contributed by atoms with Gasteiger partial charge in [-0.2, -0.15) is 5.10 Å². The predicted molar refractivity (Wildman–Crippen MR) is 60.4 cm³/mol. The summed E-state index contributed by atoms with van der Waals surface area (Å²) in [5, 5.41) is 7.92. The van der Waals surface area contributed by atoms with Gasteiger partial charge in [-0.05, 0) is 24.3 Å². The maximum Gasteiger partial charge on any atom is 0.145 e. The van der Waals surface area contributed by atoms with Crippen molar-refractivity contribution < 1.29 is 4.74 Å². The fourth-order valence-corrected chi connectivity index (χ4v) is 1.52. The third-order valence-electron chi connectivity index (χ3n) is 2.28. The highest BCUT2D eigenvalue weighted by molar-refractivity contribution is 5.79. The summed E-state index contributed by atoms with van der Waals surface area (Å²) < 4.78 is 5.65. The van der Waals surface area contributed by atoms with Gasteiger partial charge in [0.1, 0.15) is 11.5 Å². The van der Waals surface area contributed by atoms with Crippen molar-refractivity contribution in [3.8, 4) is 11.5 Å². The van der Waals surface area contributed by atoms with E-state index in [9.17, 15) is 0 Å². The molecular formula is C12H9N3O. The lowest BCUT2D eigenvalue weighted by molar-refractivity contribution is 0.481. The van der Waals surface area contributed by atoms with Gasteiger partial charge < -0.3 is 4.74 Å². The van der Waals surface area contributed by atoms with Crippen LogP contribution in [0.1, 0.15) is 0 Å². The van der Waals surface area contributed by atoms with Gasteiger partial charge >= 0.3 is 0 Å². The monoisotopic (exact) mass is 211 g/mol. The highest BCUT2D eigenvalue weighted by Gasteiger charge is 2.00. The third kappa shape index (κ3) is 1.61. The lowest BCUT2D eigenvalue weighted by atomic mass is 10.2. The van der Waals surface area contributed by atoms with Crippen LogP contribution >= 0.6 is 0 Å². The van der Waals surface area contributed by atoms with Crippen LogP contribution in [-0.4, -0.2) is 15.2 Å². The Morgan fingerprint density at radius 3 is 2.94 bits per heavy atom. The van der Waals surface area contributed by atoms with Crippen LogP contribution in [0.25, 0.3) is 10.9 Å². The molecule has 1 aromatic carbocycles. The van der Waals surface area contributed by atoms with E-state index in [-0.39, 0.29) is 0 Å². The molecule has 4 nitrogen and oxygen atoms in total. The number of rotatable bonds is 2. The minimum Gasteiger partial charge on any atom is -0.456 e. The van der Waals surface area contributed by atoms with Crippen molar-refractivity contribution in [2.45, 2.75) is 0 Å². The first-order valence-corrected chi connectivity index (χ1v) is 4.93. The Bertz CT molecular complexity index is 604. The van der Waals surface area contributed by atoms with E-state index in [4.69, 9.17) is 4.74 Å². The van der Waals surface area contributed by atoms with Crippen molar-refractivity contribution in [1.82, 2.24) is 15.2 Å². The first-order valence-electron chi connectivity index (χ1n) is 4.93. The highest BCUT2D eigenvalue weighted by Crippen LogP contribution is 2.23. The molecule has 0 aliphatic rings. The summed E-state index contributed by atoms with van der Waals surface area (Å²) in [6.45, 7) is 0. The molecule has 0 spiro atoms. The van der Waals surface area contributed by atoms with E-state index in [1.807, 2.05) is 30.3 Å². The van der Waals surface area contributed by atoms with Crippen LogP contribution in [0.2, 0.25) is 0 Å². The van der Waals surface area contributed by atoms with E-state index in [0.29, 0.717) is 0 Å². The average molecular weight is 211 g/mol. The largest absolute Gasteiger partial charge is 0.456 e. The highest BCUT2D eigenvalue weighted by atomic mass is 16.5. The van der Waals surface area contributed by atoms with E-state index in [1.54, 1.807) is 18.6 Å². The lowest BCUT2D eigenvalue weighted by Gasteiger charge is -2.04. The minimum atomic E-state index is 0.723. The van der Waals surface area contributed by atoms with E-state index in [2.05, 4.69) is 15.2 Å². The molecule has 4 heteroatoms. The van der Waals surface area contributed by atoms with Gasteiger partial charge in [0.15, 0.2) is 0 Å². The summed E-state index contributed by atoms with van der Waals surface area (Å²) >= 11 is 0. The Balaban J connectivity index is 1.94. The number of H-pyrrole nitrogens is 1. The molecule has 0 aliphatic carbocycles. The second-order valence-corrected chi connectivity index (χ2v) is 3.41. The number of ether oxygens (including phenoxy) is 1. The van der Waals surface area contributed by atoms with Gasteiger partial charge in [0.05, 0.1) is 17.9 Å². The summed E-state index contributed by atoms with van der Waals surface area (Å²) in [6, 6.07) is 9.49. The zero-order chi connectivity index (χ0) is 10.8. The maximum absolute atomic E-state index is 5.65. The standard InChI is InChI=1S/C12H9N3O/c1-2-11(8-13-5-1)16-10-4-3-9-7-14-15-12(9)6-10/h1-8H,(H,14,15). The molecule has 0 saturated carbocycles. The number of aromatic nitrogens is 3. The van der Waals surface area contributed by atoms with Crippen molar-refractivity contribution in [3.05, 3.63) is 48.9 Å². The molecule has 0 amide bonds. The predicted octanol–water partition coefficient (Wildman–Crippen LogP) is 2.75. The summed E-state index contributed by atoms with van der Waals surface area (Å²) in [4.78, 5) is 3.99. The van der Waals surface area contributed by atoms with Crippen molar-refractivity contribution in [1.29, 1.82) is 0 Å². The van der Waals surface area contributed by atoms with E-state index >= 15 is 0 Å². The Hall–Kier alpha value is -2.36. The molecule has 78 valence electrons. The maximum atomic E-state index is 5.65. The zero-order valence-corrected chi connectivity index (χ0v) is 8.42. The molecule has 0 radical (unpaired) electrons. The molecule has 0 aliphatic heterocycles. The lowest BCUT2D eigenvalue weighted by Crippen LogP contribution is -1.84. The number of fused-ring (bicyclic) bond motifs is 1. The molecule has 0 saturated heterocycles. The summed E-state index contributed by atoms with van der Waals surface area (Å²) in [6.07, 6.45) is 5.17. The first-order chi connectivity index (χ1) is 7.92. The van der Waals surface area contributed by atoms with Crippen molar-refractivity contribution in [3.63, 3.8) is 0 Å². The van der Waals surface area contributed by atoms with Crippen LogP contribution in [0, 0.1) is 0 Å². The number of nitrogens with zero attached hydrogens (tertiary/aromatic N) is 2. The van der Waals surface area contributed by atoms with Crippen molar-refractivity contribution >= 4 is 10.9 Å². The second kappa shape index (κ2) is 3.66. The van der Waals surface area contributed by atoms with Crippen LogP contribution in [0.4, 0.5) is 0 Å². The number of aromatic amines is 1. The second-order valence-electron chi connectivity index (χ2n) is 3.41. The normalized spacial score (nSPS) is 10.5. The minimum absolute atomic E-state index is 0.723. The molecule has 0 unspecified atom stereocenters. The molecule has 0 atom stereocenters. The van der Waals surface area contributed by atoms with E-state index in [1.165, 1.54) is 0 Å². The van der Waals surface area contributed by atoms with Gasteiger partial charge in [0.25, 0.3) is 0 Å². The smallest absolute Gasteiger partial charge is 0.145 e. The van der Waals surface area contributed by atoms with Gasteiger partial charge in [0.2, 0.25) is 0 Å². The Kier molecular flexibility index (Phi) is 2.04. The molecule has 1 N–H and O–H groups in total. The van der Waals surface area contributed by atoms with E-state index in [0.717, 1.165) is 22.4 Å². The summed E-state index contributed by atoms with van der Waals surface area (Å²) in [7, 11) is 0. The number of nitrogens with one attached hydrogen (secondary N) is 1. The van der Waals surface area contributed by atoms with Crippen LogP contribution < -0.4 is 4.74 Å². The fourth-order valence-electron chi connectivity index (χ4n) is 1.52. The first kappa shape index (κ1) is 8.91. The summed E-state index contributed by atoms with van der Waals surface area (Å²) in [5.41, 5.74) is 0.960. The average Bonchev–Trinajstić information content (AvgIpc) is 2.77. The van der Waals surface area contributed by atoms with Crippen LogP contribution in [0.5, 0.6) is 11.5 Å². The quantitative estimate of drug-likeness (QED) is 0.709.